The molecule has 0 saturated heterocycles. The van der Waals surface area contributed by atoms with Crippen LogP contribution in [0.4, 0.5) is 14.9 Å². The number of sulfonamides is 1. The number of thiophene rings is 1. The third-order valence-corrected chi connectivity index (χ3v) is 6.18. The third kappa shape index (κ3) is 3.46. The largest absolute Gasteiger partial charge is 0.326 e. The van der Waals surface area contributed by atoms with E-state index in [0.29, 0.717) is 24.6 Å². The maximum absolute atomic E-state index is 11.9. The Bertz CT molecular complexity index is 783. The molecule has 0 bridgehead atoms. The molecule has 0 aromatic carbocycles. The number of rotatable bonds is 3. The maximum Gasteiger partial charge on any atom is 0.326 e. The van der Waals surface area contributed by atoms with Crippen LogP contribution in [0.5, 0.6) is 0 Å². The summed E-state index contributed by atoms with van der Waals surface area (Å²) in [5.41, 5.74) is 0.858. The van der Waals surface area contributed by atoms with E-state index >= 15 is 0 Å². The molecule has 0 unspecified atom stereocenters. The molecule has 0 saturated carbocycles. The number of aromatic nitrogens is 1. The predicted molar refractivity (Wildman–Crippen MR) is 88.0 cm³/mol. The molecule has 2 aromatic rings. The van der Waals surface area contributed by atoms with Gasteiger partial charge in [0.25, 0.3) is 0 Å². The van der Waals surface area contributed by atoms with Crippen LogP contribution in [-0.4, -0.2) is 36.5 Å². The van der Waals surface area contributed by atoms with Crippen LogP contribution in [-0.2, 0) is 23.0 Å². The van der Waals surface area contributed by atoms with Gasteiger partial charge in [-0.25, -0.2) is 18.2 Å². The lowest BCUT2D eigenvalue weighted by Crippen LogP contribution is -2.34. The lowest BCUT2D eigenvalue weighted by molar-refractivity contribution is 0.262. The standard InChI is InChI=1S/C12H14N4O3S3/c1-22(18,19)16-5-4-8-9(7-16)21-12(13-8)15-11(17)14-10-3-2-6-20-10/h2-3,6H,4-5,7H2,1H3,(H2,13,14,15,17). The summed E-state index contributed by atoms with van der Waals surface area (Å²) in [5.74, 6) is 0. The summed E-state index contributed by atoms with van der Waals surface area (Å²) in [6.07, 6.45) is 1.76. The fourth-order valence-corrected chi connectivity index (χ4v) is 4.60. The second-order valence-electron chi connectivity index (χ2n) is 4.79. The van der Waals surface area contributed by atoms with Gasteiger partial charge in [-0.2, -0.15) is 4.31 Å². The van der Waals surface area contributed by atoms with E-state index in [1.807, 2.05) is 11.4 Å². The van der Waals surface area contributed by atoms with Gasteiger partial charge in [-0.1, -0.05) is 11.3 Å². The normalized spacial score (nSPS) is 15.3. The van der Waals surface area contributed by atoms with Crippen molar-refractivity contribution < 1.29 is 13.2 Å². The molecule has 3 heterocycles. The van der Waals surface area contributed by atoms with Gasteiger partial charge in [-0.05, 0) is 17.5 Å². The van der Waals surface area contributed by atoms with Crippen molar-refractivity contribution in [1.82, 2.24) is 9.29 Å². The Morgan fingerprint density at radius 1 is 1.41 bits per heavy atom. The molecule has 118 valence electrons. The molecule has 0 spiro atoms. The van der Waals surface area contributed by atoms with Gasteiger partial charge in [-0.3, -0.25) is 10.6 Å². The van der Waals surface area contributed by atoms with Crippen LogP contribution in [0.25, 0.3) is 0 Å². The molecule has 7 nitrogen and oxygen atoms in total. The molecule has 0 aliphatic carbocycles. The molecular weight excluding hydrogens is 344 g/mol. The summed E-state index contributed by atoms with van der Waals surface area (Å²) in [7, 11) is -3.20. The molecular formula is C12H14N4O3S3. The number of hydrogen-bond acceptors (Lipinski definition) is 6. The summed E-state index contributed by atoms with van der Waals surface area (Å²) in [4.78, 5) is 17.1. The van der Waals surface area contributed by atoms with Gasteiger partial charge in [0.15, 0.2) is 5.13 Å². The number of carbonyl (C=O) groups is 1. The molecule has 10 heteroatoms. The minimum absolute atomic E-state index is 0.320. The van der Waals surface area contributed by atoms with Gasteiger partial charge in [0.05, 0.1) is 17.0 Å². The van der Waals surface area contributed by atoms with Gasteiger partial charge in [0, 0.05) is 24.4 Å². The zero-order chi connectivity index (χ0) is 15.7. The molecule has 3 rings (SSSR count). The first-order valence-corrected chi connectivity index (χ1v) is 10.0. The Labute approximate surface area is 136 Å². The summed E-state index contributed by atoms with van der Waals surface area (Å²) in [6, 6.07) is 3.30. The van der Waals surface area contributed by atoms with E-state index in [1.165, 1.54) is 33.2 Å². The van der Waals surface area contributed by atoms with Crippen LogP contribution in [0.3, 0.4) is 0 Å². The van der Waals surface area contributed by atoms with Crippen LogP contribution in [0.2, 0.25) is 0 Å². The number of carbonyl (C=O) groups excluding carboxylic acids is 1. The van der Waals surface area contributed by atoms with Crippen molar-refractivity contribution in [3.8, 4) is 0 Å². The van der Waals surface area contributed by atoms with E-state index in [-0.39, 0.29) is 6.03 Å². The van der Waals surface area contributed by atoms with Gasteiger partial charge in [0.2, 0.25) is 10.0 Å². The molecule has 0 fully saturated rings. The van der Waals surface area contributed by atoms with Crippen LogP contribution in [0.1, 0.15) is 10.6 Å². The van der Waals surface area contributed by atoms with Crippen LogP contribution in [0.15, 0.2) is 17.5 Å². The van der Waals surface area contributed by atoms with Crippen molar-refractivity contribution in [2.24, 2.45) is 0 Å². The van der Waals surface area contributed by atoms with E-state index in [1.54, 1.807) is 6.07 Å². The highest BCUT2D eigenvalue weighted by molar-refractivity contribution is 7.88. The highest BCUT2D eigenvalue weighted by atomic mass is 32.2. The number of nitrogens with one attached hydrogen (secondary N) is 2. The number of fused-ring (bicyclic) bond motifs is 1. The zero-order valence-electron chi connectivity index (χ0n) is 11.7. The van der Waals surface area contributed by atoms with Crippen molar-refractivity contribution >= 4 is 48.9 Å². The fraction of sp³-hybridized carbons (Fsp3) is 0.333. The third-order valence-electron chi connectivity index (χ3n) is 3.14. The summed E-state index contributed by atoms with van der Waals surface area (Å²) in [5, 5.41) is 8.51. The second-order valence-corrected chi connectivity index (χ2v) is 8.81. The smallest absolute Gasteiger partial charge is 0.299 e. The topological polar surface area (TPSA) is 91.4 Å². The summed E-state index contributed by atoms with van der Waals surface area (Å²) in [6.45, 7) is 0.746. The monoisotopic (exact) mass is 358 g/mol. The molecule has 0 radical (unpaired) electrons. The quantitative estimate of drug-likeness (QED) is 0.880. The number of urea groups is 1. The first kappa shape index (κ1) is 15.4. The number of hydrogen-bond donors (Lipinski definition) is 2. The zero-order valence-corrected chi connectivity index (χ0v) is 14.1. The van der Waals surface area contributed by atoms with Crippen LogP contribution in [0, 0.1) is 0 Å². The Hall–Kier alpha value is -1.49. The summed E-state index contributed by atoms with van der Waals surface area (Å²) < 4.78 is 24.6. The molecule has 2 N–H and O–H groups in total. The minimum Gasteiger partial charge on any atom is -0.299 e. The highest BCUT2D eigenvalue weighted by Gasteiger charge is 2.26. The lowest BCUT2D eigenvalue weighted by atomic mass is 10.2. The average Bonchev–Trinajstić information content (AvgIpc) is 3.04. The Balaban J connectivity index is 1.68. The second kappa shape index (κ2) is 5.95. The van der Waals surface area contributed by atoms with Crippen molar-refractivity contribution in [2.75, 3.05) is 23.4 Å². The van der Waals surface area contributed by atoms with E-state index in [4.69, 9.17) is 0 Å². The van der Waals surface area contributed by atoms with Crippen molar-refractivity contribution in [3.05, 3.63) is 28.1 Å². The predicted octanol–water partition coefficient (Wildman–Crippen LogP) is 2.17. The Morgan fingerprint density at radius 3 is 2.91 bits per heavy atom. The van der Waals surface area contributed by atoms with E-state index < -0.39 is 10.0 Å². The van der Waals surface area contributed by atoms with Crippen molar-refractivity contribution in [3.63, 3.8) is 0 Å². The maximum atomic E-state index is 11.9. The number of amides is 2. The van der Waals surface area contributed by atoms with Crippen LogP contribution >= 0.6 is 22.7 Å². The first-order chi connectivity index (χ1) is 10.4. The minimum atomic E-state index is -3.20. The molecule has 1 aliphatic heterocycles. The van der Waals surface area contributed by atoms with Crippen molar-refractivity contribution in [1.29, 1.82) is 0 Å². The average molecular weight is 358 g/mol. The number of anilines is 2. The SMILES string of the molecule is CS(=O)(=O)N1CCc2nc(NC(=O)Nc3cccs3)sc2C1. The lowest BCUT2D eigenvalue weighted by Gasteiger charge is -2.23. The molecule has 0 atom stereocenters. The fourth-order valence-electron chi connectivity index (χ4n) is 2.10. The summed E-state index contributed by atoms with van der Waals surface area (Å²) >= 11 is 2.74. The number of thiazole rings is 1. The molecule has 2 aromatic heterocycles. The van der Waals surface area contributed by atoms with Crippen LogP contribution < -0.4 is 10.6 Å². The van der Waals surface area contributed by atoms with Gasteiger partial charge in [0.1, 0.15) is 0 Å². The highest BCUT2D eigenvalue weighted by Crippen LogP contribution is 2.29. The van der Waals surface area contributed by atoms with E-state index in [9.17, 15) is 13.2 Å². The Morgan fingerprint density at radius 2 is 2.23 bits per heavy atom. The van der Waals surface area contributed by atoms with Gasteiger partial charge >= 0.3 is 6.03 Å². The molecule has 2 amide bonds. The van der Waals surface area contributed by atoms with Gasteiger partial charge < -0.3 is 0 Å². The van der Waals surface area contributed by atoms with Gasteiger partial charge in [-0.15, -0.1) is 11.3 Å². The van der Waals surface area contributed by atoms with E-state index in [0.717, 1.165) is 15.6 Å². The van der Waals surface area contributed by atoms with E-state index in [2.05, 4.69) is 15.6 Å². The Kier molecular flexibility index (Phi) is 4.17. The molecule has 22 heavy (non-hydrogen) atoms. The van der Waals surface area contributed by atoms with Crippen molar-refractivity contribution in [2.45, 2.75) is 13.0 Å². The number of nitrogens with zero attached hydrogens (tertiary/aromatic N) is 2. The first-order valence-electron chi connectivity index (χ1n) is 6.47. The molecule has 1 aliphatic rings.